The maximum Gasteiger partial charge on any atom is 0.252 e. The Bertz CT molecular complexity index is 424. The van der Waals surface area contributed by atoms with Gasteiger partial charge >= 0.3 is 0 Å². The largest absolute Gasteiger partial charge is 0.496 e. The van der Waals surface area contributed by atoms with Crippen LogP contribution in [0.15, 0.2) is 12.1 Å². The van der Waals surface area contributed by atoms with Gasteiger partial charge in [-0.15, -0.1) is 0 Å². The van der Waals surface area contributed by atoms with Crippen LogP contribution < -0.4 is 10.5 Å². The minimum atomic E-state index is -0.765. The number of nitrogens with two attached hydrogens (primary N) is 1. The van der Waals surface area contributed by atoms with Crippen molar-refractivity contribution >= 4 is 5.91 Å². The number of rotatable bonds is 2. The monoisotopic (exact) mass is 194 g/mol. The highest BCUT2D eigenvalue weighted by Crippen LogP contribution is 2.21. The third kappa shape index (κ3) is 1.64. The third-order valence-corrected chi connectivity index (χ3v) is 1.68. The average molecular weight is 194 g/mol. The Kier molecular flexibility index (Phi) is 2.67. The van der Waals surface area contributed by atoms with E-state index in [1.54, 1.807) is 6.07 Å². The van der Waals surface area contributed by atoms with Crippen LogP contribution in [0.3, 0.4) is 0 Å². The van der Waals surface area contributed by atoms with Crippen molar-refractivity contribution in [1.29, 1.82) is 5.26 Å². The Morgan fingerprint density at radius 3 is 2.71 bits per heavy atom. The van der Waals surface area contributed by atoms with E-state index < -0.39 is 11.7 Å². The van der Waals surface area contributed by atoms with E-state index in [2.05, 4.69) is 0 Å². The smallest absolute Gasteiger partial charge is 0.252 e. The molecule has 0 aromatic heterocycles. The van der Waals surface area contributed by atoms with Crippen LogP contribution in [-0.4, -0.2) is 13.0 Å². The van der Waals surface area contributed by atoms with Crippen molar-refractivity contribution in [2.45, 2.75) is 0 Å². The van der Waals surface area contributed by atoms with Gasteiger partial charge in [0.25, 0.3) is 5.91 Å². The Balaban J connectivity index is 3.42. The summed E-state index contributed by atoms with van der Waals surface area (Å²) in [4.78, 5) is 10.9. The van der Waals surface area contributed by atoms with Gasteiger partial charge < -0.3 is 10.5 Å². The van der Waals surface area contributed by atoms with Crippen LogP contribution >= 0.6 is 0 Å². The highest BCUT2D eigenvalue weighted by atomic mass is 19.1. The topological polar surface area (TPSA) is 76.1 Å². The molecule has 1 rings (SSSR count). The summed E-state index contributed by atoms with van der Waals surface area (Å²) in [5.74, 6) is -1.48. The molecule has 0 aliphatic rings. The number of amides is 1. The predicted octanol–water partition coefficient (Wildman–Crippen LogP) is 0.805. The fourth-order valence-electron chi connectivity index (χ4n) is 1.00. The molecule has 0 unspecified atom stereocenters. The van der Waals surface area contributed by atoms with Gasteiger partial charge in [0.05, 0.1) is 18.2 Å². The first-order valence-corrected chi connectivity index (χ1v) is 3.67. The van der Waals surface area contributed by atoms with Gasteiger partial charge in [-0.25, -0.2) is 4.39 Å². The van der Waals surface area contributed by atoms with E-state index in [9.17, 15) is 9.18 Å². The number of carbonyl (C=O) groups excluding carboxylic acids is 1. The summed E-state index contributed by atoms with van der Waals surface area (Å²) in [5, 5.41) is 8.51. The lowest BCUT2D eigenvalue weighted by Crippen LogP contribution is -2.13. The summed E-state index contributed by atoms with van der Waals surface area (Å²) >= 11 is 0. The number of nitrogens with zero attached hydrogens (tertiary/aromatic N) is 1. The van der Waals surface area contributed by atoms with Crippen LogP contribution in [0.1, 0.15) is 15.9 Å². The molecule has 0 radical (unpaired) electrons. The van der Waals surface area contributed by atoms with E-state index in [1.165, 1.54) is 7.11 Å². The maximum absolute atomic E-state index is 13.0. The van der Waals surface area contributed by atoms with Crippen molar-refractivity contribution in [3.63, 3.8) is 0 Å². The standard InChI is InChI=1S/C9H7FN2O2/c1-14-8-3-7(10)5(4-11)2-6(8)9(12)13/h2-3H,1H3,(H2,12,13). The van der Waals surface area contributed by atoms with E-state index in [0.717, 1.165) is 12.1 Å². The summed E-state index contributed by atoms with van der Waals surface area (Å²) in [5.41, 5.74) is 4.77. The minimum absolute atomic E-state index is 0.00884. The molecule has 0 saturated heterocycles. The van der Waals surface area contributed by atoms with Crippen LogP contribution in [0.2, 0.25) is 0 Å². The first-order chi connectivity index (χ1) is 6.60. The summed E-state index contributed by atoms with van der Waals surface area (Å²) in [6, 6.07) is 3.63. The second-order valence-electron chi connectivity index (χ2n) is 2.51. The van der Waals surface area contributed by atoms with Gasteiger partial charge in [0.2, 0.25) is 0 Å². The summed E-state index contributed by atoms with van der Waals surface area (Å²) < 4.78 is 17.8. The van der Waals surface area contributed by atoms with Crippen LogP contribution in [-0.2, 0) is 0 Å². The molecule has 0 fully saturated rings. The molecule has 1 aromatic rings. The molecule has 4 nitrogen and oxygen atoms in total. The minimum Gasteiger partial charge on any atom is -0.496 e. The molecule has 2 N–H and O–H groups in total. The van der Waals surface area contributed by atoms with Crippen LogP contribution in [0.4, 0.5) is 4.39 Å². The van der Waals surface area contributed by atoms with Crippen LogP contribution in [0, 0.1) is 17.1 Å². The number of primary amides is 1. The summed E-state index contributed by atoms with van der Waals surface area (Å²) in [6.45, 7) is 0. The molecule has 0 aliphatic heterocycles. The SMILES string of the molecule is COc1cc(F)c(C#N)cc1C(N)=O. The second kappa shape index (κ2) is 3.75. The number of benzene rings is 1. The summed E-state index contributed by atoms with van der Waals surface area (Å²) in [6.07, 6.45) is 0. The Hall–Kier alpha value is -2.09. The van der Waals surface area contributed by atoms with Gasteiger partial charge in [0, 0.05) is 6.07 Å². The number of nitriles is 1. The zero-order chi connectivity index (χ0) is 10.7. The number of methoxy groups -OCH3 is 1. The lowest BCUT2D eigenvalue weighted by Gasteiger charge is -2.05. The quantitative estimate of drug-likeness (QED) is 0.756. The molecule has 0 spiro atoms. The lowest BCUT2D eigenvalue weighted by molar-refractivity contribution is 0.0997. The van der Waals surface area contributed by atoms with E-state index in [1.807, 2.05) is 0 Å². The fraction of sp³-hybridized carbons (Fsp3) is 0.111. The third-order valence-electron chi connectivity index (χ3n) is 1.68. The van der Waals surface area contributed by atoms with Gasteiger partial charge in [-0.1, -0.05) is 0 Å². The molecular weight excluding hydrogens is 187 g/mol. The molecule has 0 heterocycles. The van der Waals surface area contributed by atoms with E-state index >= 15 is 0 Å². The normalized spacial score (nSPS) is 9.21. The first-order valence-electron chi connectivity index (χ1n) is 3.67. The van der Waals surface area contributed by atoms with Crippen LogP contribution in [0.25, 0.3) is 0 Å². The zero-order valence-corrected chi connectivity index (χ0v) is 7.37. The Morgan fingerprint density at radius 2 is 2.29 bits per heavy atom. The van der Waals surface area contributed by atoms with E-state index in [0.29, 0.717) is 0 Å². The molecule has 0 bridgehead atoms. The molecule has 0 atom stereocenters. The zero-order valence-electron chi connectivity index (χ0n) is 7.37. The van der Waals surface area contributed by atoms with Crippen molar-refractivity contribution in [2.24, 2.45) is 5.73 Å². The molecule has 5 heteroatoms. The predicted molar refractivity (Wildman–Crippen MR) is 46.2 cm³/mol. The van der Waals surface area contributed by atoms with Gasteiger partial charge in [-0.2, -0.15) is 5.26 Å². The number of ether oxygens (including phenoxy) is 1. The molecule has 1 aromatic carbocycles. The summed E-state index contributed by atoms with van der Waals surface area (Å²) in [7, 11) is 1.28. The maximum atomic E-state index is 13.0. The van der Waals surface area contributed by atoms with E-state index in [4.69, 9.17) is 15.7 Å². The number of hydrogen-bond acceptors (Lipinski definition) is 3. The highest BCUT2D eigenvalue weighted by Gasteiger charge is 2.13. The average Bonchev–Trinajstić information content (AvgIpc) is 2.16. The molecular formula is C9H7FN2O2. The lowest BCUT2D eigenvalue weighted by atomic mass is 10.1. The van der Waals surface area contributed by atoms with E-state index in [-0.39, 0.29) is 16.9 Å². The first kappa shape index (κ1) is 9.99. The number of hydrogen-bond donors (Lipinski definition) is 1. The second-order valence-corrected chi connectivity index (χ2v) is 2.51. The number of halogens is 1. The molecule has 72 valence electrons. The van der Waals surface area contributed by atoms with Gasteiger partial charge in [-0.05, 0) is 6.07 Å². The van der Waals surface area contributed by atoms with Crippen molar-refractivity contribution in [1.82, 2.24) is 0 Å². The van der Waals surface area contributed by atoms with Gasteiger partial charge in [0.15, 0.2) is 0 Å². The molecule has 0 aliphatic carbocycles. The van der Waals surface area contributed by atoms with Gasteiger partial charge in [0.1, 0.15) is 17.6 Å². The van der Waals surface area contributed by atoms with Crippen molar-refractivity contribution in [3.05, 3.63) is 29.1 Å². The molecule has 0 saturated carbocycles. The Labute approximate surface area is 79.7 Å². The van der Waals surface area contributed by atoms with Crippen molar-refractivity contribution in [2.75, 3.05) is 7.11 Å². The fourth-order valence-corrected chi connectivity index (χ4v) is 1.00. The van der Waals surface area contributed by atoms with Crippen molar-refractivity contribution < 1.29 is 13.9 Å². The highest BCUT2D eigenvalue weighted by molar-refractivity contribution is 5.96. The Morgan fingerprint density at radius 1 is 1.64 bits per heavy atom. The van der Waals surface area contributed by atoms with Crippen LogP contribution in [0.5, 0.6) is 5.75 Å². The molecule has 1 amide bonds. The number of carbonyl (C=O) groups is 1. The van der Waals surface area contributed by atoms with Crippen molar-refractivity contribution in [3.8, 4) is 11.8 Å². The molecule has 14 heavy (non-hydrogen) atoms. The van der Waals surface area contributed by atoms with Gasteiger partial charge in [-0.3, -0.25) is 4.79 Å².